The van der Waals surface area contributed by atoms with Crippen LogP contribution in [0.1, 0.15) is 46.2 Å². The van der Waals surface area contributed by atoms with Gasteiger partial charge < -0.3 is 14.5 Å². The smallest absolute Gasteiger partial charge is 0.435 e. The van der Waals surface area contributed by atoms with E-state index in [9.17, 15) is 9.59 Å². The van der Waals surface area contributed by atoms with E-state index in [1.54, 1.807) is 25.2 Å². The van der Waals surface area contributed by atoms with Crippen LogP contribution >= 0.6 is 9.90 Å². The van der Waals surface area contributed by atoms with E-state index in [4.69, 9.17) is 4.74 Å². The number of hydrogen-bond donors (Lipinski definition) is 0. The molecule has 0 aliphatic carbocycles. The molecule has 0 saturated carbocycles. The summed E-state index contributed by atoms with van der Waals surface area (Å²) < 4.78 is 6.76. The Morgan fingerprint density at radius 2 is 1.59 bits per heavy atom. The Labute approximate surface area is 224 Å². The number of carbonyl (C=O) groups excluding carboxylic acids is 2. The first-order valence-electron chi connectivity index (χ1n) is 12.6. The Balaban J connectivity index is 0.00000157. The van der Waals surface area contributed by atoms with Crippen molar-refractivity contribution in [2.24, 2.45) is 0 Å². The summed E-state index contributed by atoms with van der Waals surface area (Å²) in [6, 6.07) is 15.7. The van der Waals surface area contributed by atoms with Crippen LogP contribution in [0.25, 0.3) is 10.9 Å². The SMILES string of the molecule is CC.CN(C)C(=O)C(c1ccccc1)N1CCN(c2ccc3c(cnn3C(=O)OC(C)(C)C)c2)CC1.P. The highest BCUT2D eigenvalue weighted by Crippen LogP contribution is 2.28. The number of aromatic nitrogens is 2. The normalized spacial score (nSPS) is 14.7. The van der Waals surface area contributed by atoms with Crippen molar-refractivity contribution in [3.63, 3.8) is 0 Å². The summed E-state index contributed by atoms with van der Waals surface area (Å²) in [6.45, 7) is 12.7. The number of fused-ring (bicyclic) bond motifs is 1. The molecule has 2 atom stereocenters. The highest BCUT2D eigenvalue weighted by atomic mass is 31.0. The maximum Gasteiger partial charge on any atom is 0.435 e. The van der Waals surface area contributed by atoms with Crippen LogP contribution in [0.4, 0.5) is 10.5 Å². The minimum absolute atomic E-state index is 0. The quantitative estimate of drug-likeness (QED) is 0.452. The van der Waals surface area contributed by atoms with E-state index >= 15 is 0 Å². The van der Waals surface area contributed by atoms with Gasteiger partial charge in [-0.1, -0.05) is 44.2 Å². The molecule has 9 heteroatoms. The van der Waals surface area contributed by atoms with Crippen LogP contribution in [0.15, 0.2) is 54.7 Å². The lowest BCUT2D eigenvalue weighted by Gasteiger charge is -2.40. The predicted molar refractivity (Wildman–Crippen MR) is 155 cm³/mol. The number of anilines is 1. The van der Waals surface area contributed by atoms with Gasteiger partial charge in [-0.25, -0.2) is 4.79 Å². The Bertz CT molecular complexity index is 1170. The van der Waals surface area contributed by atoms with E-state index in [-0.39, 0.29) is 21.8 Å². The third kappa shape index (κ3) is 7.30. The maximum atomic E-state index is 13.0. The van der Waals surface area contributed by atoms with E-state index in [0.717, 1.165) is 48.3 Å². The fraction of sp³-hybridized carbons (Fsp3) is 0.464. The summed E-state index contributed by atoms with van der Waals surface area (Å²) in [6.07, 6.45) is 1.21. The summed E-state index contributed by atoms with van der Waals surface area (Å²) in [5, 5.41) is 5.13. The molecule has 202 valence electrons. The molecule has 0 bridgehead atoms. The molecule has 2 unspecified atom stereocenters. The molecule has 2 heterocycles. The number of likely N-dealkylation sites (N-methyl/N-ethyl adjacent to an activating group) is 1. The van der Waals surface area contributed by atoms with Gasteiger partial charge in [0.15, 0.2) is 0 Å². The van der Waals surface area contributed by atoms with Gasteiger partial charge in [0.25, 0.3) is 0 Å². The standard InChI is InChI=1S/C26H33N5O3.C2H6.H3P/c1-26(2,3)34-25(33)31-22-12-11-21(17-20(22)18-27-31)29-13-15-30(16-14-29)23(24(32)28(4)5)19-9-7-6-8-10-19;1-2;/h6-12,17-18,23H,13-16H2,1-5H3;1-2H3;1H3. The minimum atomic E-state index is -0.583. The number of carbonyl (C=O) groups is 2. The van der Waals surface area contributed by atoms with Crippen molar-refractivity contribution < 1.29 is 14.3 Å². The van der Waals surface area contributed by atoms with Gasteiger partial charge >= 0.3 is 6.09 Å². The first-order valence-corrected chi connectivity index (χ1v) is 12.6. The molecule has 1 fully saturated rings. The molecule has 3 aromatic rings. The number of amides is 1. The number of ether oxygens (including phenoxy) is 1. The zero-order valence-corrected chi connectivity index (χ0v) is 24.7. The van der Waals surface area contributed by atoms with Gasteiger partial charge in [0.2, 0.25) is 5.91 Å². The lowest BCUT2D eigenvalue weighted by molar-refractivity contribution is -0.134. The molecule has 1 aliphatic heterocycles. The number of piperazine rings is 1. The number of nitrogens with zero attached hydrogens (tertiary/aromatic N) is 5. The lowest BCUT2D eigenvalue weighted by atomic mass is 10.0. The van der Waals surface area contributed by atoms with Crippen LogP contribution in [0.3, 0.4) is 0 Å². The highest BCUT2D eigenvalue weighted by Gasteiger charge is 2.31. The van der Waals surface area contributed by atoms with Gasteiger partial charge in [0, 0.05) is 51.3 Å². The predicted octanol–water partition coefficient (Wildman–Crippen LogP) is 4.86. The van der Waals surface area contributed by atoms with Crippen LogP contribution in [0.2, 0.25) is 0 Å². The molecular weight excluding hydrogens is 485 g/mol. The molecule has 1 amide bonds. The van der Waals surface area contributed by atoms with Crippen molar-refractivity contribution in [1.29, 1.82) is 0 Å². The van der Waals surface area contributed by atoms with Gasteiger partial charge in [0.05, 0.1) is 11.7 Å². The molecule has 0 radical (unpaired) electrons. The van der Waals surface area contributed by atoms with Crippen LogP contribution in [-0.2, 0) is 9.53 Å². The summed E-state index contributed by atoms with van der Waals surface area (Å²) in [7, 11) is 3.61. The van der Waals surface area contributed by atoms with E-state index in [1.807, 2.05) is 77.1 Å². The topological polar surface area (TPSA) is 70.9 Å². The second-order valence-electron chi connectivity index (χ2n) is 9.85. The summed E-state index contributed by atoms with van der Waals surface area (Å²) in [5.41, 5.74) is 2.23. The maximum absolute atomic E-state index is 13.0. The largest absolute Gasteiger partial charge is 0.442 e. The van der Waals surface area contributed by atoms with Gasteiger partial charge in [-0.15, -0.1) is 0 Å². The molecule has 37 heavy (non-hydrogen) atoms. The van der Waals surface area contributed by atoms with Crippen molar-refractivity contribution in [3.05, 3.63) is 60.3 Å². The number of benzene rings is 2. The van der Waals surface area contributed by atoms with Crippen LogP contribution in [-0.4, -0.2) is 77.5 Å². The van der Waals surface area contributed by atoms with Gasteiger partial charge in [-0.2, -0.15) is 19.7 Å². The zero-order valence-electron chi connectivity index (χ0n) is 23.3. The molecule has 8 nitrogen and oxygen atoms in total. The van der Waals surface area contributed by atoms with Crippen molar-refractivity contribution in [2.45, 2.75) is 46.3 Å². The molecule has 1 aliphatic rings. The van der Waals surface area contributed by atoms with Crippen molar-refractivity contribution in [2.75, 3.05) is 45.2 Å². The average molecular weight is 528 g/mol. The third-order valence-corrected chi connectivity index (χ3v) is 5.95. The second-order valence-corrected chi connectivity index (χ2v) is 9.85. The fourth-order valence-corrected chi connectivity index (χ4v) is 4.30. The summed E-state index contributed by atoms with van der Waals surface area (Å²) in [4.78, 5) is 31.7. The van der Waals surface area contributed by atoms with E-state index in [2.05, 4.69) is 21.0 Å². The fourth-order valence-electron chi connectivity index (χ4n) is 4.30. The first kappa shape index (κ1) is 30.3. The minimum Gasteiger partial charge on any atom is -0.442 e. The molecular formula is C28H42N5O3P. The Morgan fingerprint density at radius 3 is 2.16 bits per heavy atom. The summed E-state index contributed by atoms with van der Waals surface area (Å²) >= 11 is 0. The average Bonchev–Trinajstić information content (AvgIpc) is 3.29. The van der Waals surface area contributed by atoms with Gasteiger partial charge in [0.1, 0.15) is 11.6 Å². The Hall–Kier alpha value is -2.96. The number of rotatable bonds is 4. The monoisotopic (exact) mass is 527 g/mol. The van der Waals surface area contributed by atoms with Crippen LogP contribution < -0.4 is 4.90 Å². The van der Waals surface area contributed by atoms with Crippen molar-refractivity contribution >= 4 is 38.5 Å². The second kappa shape index (κ2) is 13.0. The molecule has 4 rings (SSSR count). The molecule has 2 aromatic carbocycles. The lowest BCUT2D eigenvalue weighted by Crippen LogP contribution is -2.51. The highest BCUT2D eigenvalue weighted by molar-refractivity contribution is 6.92. The third-order valence-electron chi connectivity index (χ3n) is 5.95. The van der Waals surface area contributed by atoms with Crippen LogP contribution in [0.5, 0.6) is 0 Å². The summed E-state index contributed by atoms with van der Waals surface area (Å²) in [5.74, 6) is 0.0932. The first-order chi connectivity index (χ1) is 17.1. The number of hydrogen-bond acceptors (Lipinski definition) is 6. The van der Waals surface area contributed by atoms with E-state index in [0.29, 0.717) is 0 Å². The van der Waals surface area contributed by atoms with Crippen molar-refractivity contribution in [3.8, 4) is 0 Å². The van der Waals surface area contributed by atoms with Gasteiger partial charge in [-0.05, 0) is 44.5 Å². The zero-order chi connectivity index (χ0) is 26.5. The molecule has 0 N–H and O–H groups in total. The molecule has 1 aromatic heterocycles. The van der Waals surface area contributed by atoms with E-state index in [1.165, 1.54) is 4.68 Å². The van der Waals surface area contributed by atoms with Crippen molar-refractivity contribution in [1.82, 2.24) is 19.6 Å². The molecule has 0 spiro atoms. The molecule has 1 saturated heterocycles. The van der Waals surface area contributed by atoms with E-state index < -0.39 is 11.7 Å². The van der Waals surface area contributed by atoms with Crippen LogP contribution in [0, 0.1) is 0 Å². The van der Waals surface area contributed by atoms with Gasteiger partial charge in [-0.3, -0.25) is 9.69 Å². The Kier molecular flexibility index (Phi) is 10.6. The Morgan fingerprint density at radius 1 is 0.973 bits per heavy atom.